The number of hydrogen-bond acceptors (Lipinski definition) is 6. The van der Waals surface area contributed by atoms with Gasteiger partial charge in [-0.3, -0.25) is 8.98 Å². The smallest absolute Gasteiger partial charge is 0.302 e. The van der Waals surface area contributed by atoms with Crippen LogP contribution in [0.1, 0.15) is 83.6 Å². The molecule has 1 aromatic rings. The number of ketones is 1. The highest BCUT2D eigenvalue weighted by molar-refractivity contribution is 7.86. The number of rotatable bonds is 16. The van der Waals surface area contributed by atoms with Crippen LogP contribution < -0.4 is 0 Å². The van der Waals surface area contributed by atoms with Crippen LogP contribution in [0.5, 0.6) is 0 Å². The summed E-state index contributed by atoms with van der Waals surface area (Å²) in [5, 5.41) is 0. The summed E-state index contributed by atoms with van der Waals surface area (Å²) < 4.78 is 34.6. The fraction of sp³-hybridized carbons (Fsp3) is 0.652. The van der Waals surface area contributed by atoms with Crippen molar-refractivity contribution in [1.29, 1.82) is 0 Å². The first-order valence-electron chi connectivity index (χ1n) is 10.8. The average Bonchev–Trinajstić information content (AvgIpc) is 2.67. The van der Waals surface area contributed by atoms with Crippen molar-refractivity contribution < 1.29 is 26.9 Å². The van der Waals surface area contributed by atoms with Crippen LogP contribution in [-0.4, -0.2) is 32.9 Å². The lowest BCUT2D eigenvalue weighted by Gasteiger charge is -2.16. The summed E-state index contributed by atoms with van der Waals surface area (Å²) in [5.41, 5.74) is 1.01. The van der Waals surface area contributed by atoms with Crippen LogP contribution in [-0.2, 0) is 28.6 Å². The molecule has 0 N–H and O–H groups in total. The van der Waals surface area contributed by atoms with E-state index in [1.807, 2.05) is 6.92 Å². The molecule has 0 saturated carbocycles. The minimum atomic E-state index is -3.67. The van der Waals surface area contributed by atoms with Gasteiger partial charge in [0, 0.05) is 13.3 Å². The van der Waals surface area contributed by atoms with Crippen molar-refractivity contribution in [2.45, 2.75) is 96.0 Å². The maximum atomic E-state index is 12.1. The molecule has 7 heteroatoms. The molecule has 0 amide bonds. The van der Waals surface area contributed by atoms with Gasteiger partial charge >= 0.3 is 5.97 Å². The molecule has 1 rings (SSSR count). The van der Waals surface area contributed by atoms with Crippen LogP contribution in [0.3, 0.4) is 0 Å². The van der Waals surface area contributed by atoms with E-state index in [2.05, 4.69) is 0 Å². The molecule has 1 unspecified atom stereocenters. The summed E-state index contributed by atoms with van der Waals surface area (Å²) in [4.78, 5) is 22.5. The largest absolute Gasteiger partial charge is 0.463 e. The van der Waals surface area contributed by atoms with Gasteiger partial charge in [-0.25, -0.2) is 0 Å². The van der Waals surface area contributed by atoms with Gasteiger partial charge in [0.05, 0.1) is 11.5 Å². The van der Waals surface area contributed by atoms with E-state index in [1.165, 1.54) is 6.92 Å². The van der Waals surface area contributed by atoms with Crippen molar-refractivity contribution in [2.75, 3.05) is 6.61 Å². The van der Waals surface area contributed by atoms with Gasteiger partial charge in [0.25, 0.3) is 10.1 Å². The van der Waals surface area contributed by atoms with Crippen LogP contribution in [0.2, 0.25) is 0 Å². The second-order valence-electron chi connectivity index (χ2n) is 7.82. The number of aryl methyl sites for hydroxylation is 1. The second-order valence-corrected chi connectivity index (χ2v) is 9.44. The molecular weight excluding hydrogens is 404 g/mol. The monoisotopic (exact) mass is 440 g/mol. The van der Waals surface area contributed by atoms with Gasteiger partial charge in [0.15, 0.2) is 0 Å². The molecule has 0 spiro atoms. The summed E-state index contributed by atoms with van der Waals surface area (Å²) in [5.74, 6) is -0.182. The minimum absolute atomic E-state index is 0.114. The lowest BCUT2D eigenvalue weighted by molar-refractivity contribution is -0.147. The van der Waals surface area contributed by atoms with Gasteiger partial charge in [-0.05, 0) is 51.7 Å². The maximum Gasteiger partial charge on any atom is 0.302 e. The van der Waals surface area contributed by atoms with Crippen molar-refractivity contribution in [3.63, 3.8) is 0 Å². The Morgan fingerprint density at radius 3 is 2.00 bits per heavy atom. The first-order valence-corrected chi connectivity index (χ1v) is 12.2. The van der Waals surface area contributed by atoms with Gasteiger partial charge in [0.2, 0.25) is 0 Å². The quantitative estimate of drug-likeness (QED) is 0.201. The van der Waals surface area contributed by atoms with E-state index < -0.39 is 10.1 Å². The predicted molar refractivity (Wildman–Crippen MR) is 117 cm³/mol. The summed E-state index contributed by atoms with van der Waals surface area (Å²) in [6, 6.07) is 6.65. The van der Waals surface area contributed by atoms with Crippen LogP contribution >= 0.6 is 0 Å². The van der Waals surface area contributed by atoms with E-state index in [9.17, 15) is 18.0 Å². The summed E-state index contributed by atoms with van der Waals surface area (Å²) in [7, 11) is -3.67. The fourth-order valence-electron chi connectivity index (χ4n) is 3.16. The molecule has 0 heterocycles. The highest BCUT2D eigenvalue weighted by Gasteiger charge is 2.14. The van der Waals surface area contributed by atoms with Gasteiger partial charge in [-0.2, -0.15) is 8.42 Å². The molecule has 0 saturated heterocycles. The predicted octanol–water partition coefficient (Wildman–Crippen LogP) is 5.12. The maximum absolute atomic E-state index is 12.1. The molecule has 1 atom stereocenters. The third kappa shape index (κ3) is 12.1. The van der Waals surface area contributed by atoms with Crippen molar-refractivity contribution >= 4 is 21.9 Å². The van der Waals surface area contributed by atoms with Crippen LogP contribution in [0, 0.1) is 6.92 Å². The normalized spacial score (nSPS) is 12.5. The molecule has 0 bridgehead atoms. The number of Topliss-reactive ketones (excluding diaryl/α,β-unsaturated/α-hetero) is 1. The van der Waals surface area contributed by atoms with Crippen LogP contribution in [0.15, 0.2) is 29.2 Å². The molecule has 0 fully saturated rings. The standard InChI is InChI=1S/C23H36O6S/c1-19-12-16-23(17-13-19)30(26,27)28-18-10-8-6-4-5-7-9-11-22(29-21(3)25)15-14-20(2)24/h12-13,16-17,22H,4-11,14-15,18H2,1-3H3. The Kier molecular flexibility index (Phi) is 12.5. The Labute approximate surface area is 181 Å². The Bertz CT molecular complexity index is 739. The van der Waals surface area contributed by atoms with Gasteiger partial charge in [-0.1, -0.05) is 49.8 Å². The molecule has 0 aromatic heterocycles. The zero-order valence-corrected chi connectivity index (χ0v) is 19.3. The molecule has 0 aliphatic carbocycles. The topological polar surface area (TPSA) is 86.7 Å². The number of unbranched alkanes of at least 4 members (excludes halogenated alkanes) is 6. The van der Waals surface area contributed by atoms with Crippen molar-refractivity contribution in [3.8, 4) is 0 Å². The molecule has 30 heavy (non-hydrogen) atoms. The summed E-state index contributed by atoms with van der Waals surface area (Å²) >= 11 is 0. The molecule has 1 aromatic carbocycles. The highest BCUT2D eigenvalue weighted by Crippen LogP contribution is 2.16. The zero-order chi connectivity index (χ0) is 22.4. The summed E-state index contributed by atoms with van der Waals surface area (Å²) in [6.45, 7) is 5.06. The lowest BCUT2D eigenvalue weighted by atomic mass is 10.0. The first-order chi connectivity index (χ1) is 14.2. The number of hydrogen-bond donors (Lipinski definition) is 0. The van der Waals surface area contributed by atoms with Crippen molar-refractivity contribution in [3.05, 3.63) is 29.8 Å². The van der Waals surface area contributed by atoms with Gasteiger partial charge in [0.1, 0.15) is 11.9 Å². The van der Waals surface area contributed by atoms with E-state index in [1.54, 1.807) is 31.2 Å². The molecule has 170 valence electrons. The SMILES string of the molecule is CC(=O)CCC(CCCCCCCCCOS(=O)(=O)c1ccc(C)cc1)OC(C)=O. The van der Waals surface area contributed by atoms with Gasteiger partial charge in [-0.15, -0.1) is 0 Å². The van der Waals surface area contributed by atoms with Crippen LogP contribution in [0.4, 0.5) is 0 Å². The zero-order valence-electron chi connectivity index (χ0n) is 18.5. The average molecular weight is 441 g/mol. The lowest BCUT2D eigenvalue weighted by Crippen LogP contribution is -2.17. The number of carbonyl (C=O) groups is 2. The van der Waals surface area contributed by atoms with Crippen molar-refractivity contribution in [2.24, 2.45) is 0 Å². The highest BCUT2D eigenvalue weighted by atomic mass is 32.2. The van der Waals surface area contributed by atoms with Crippen molar-refractivity contribution in [1.82, 2.24) is 0 Å². The van der Waals surface area contributed by atoms with E-state index in [0.717, 1.165) is 50.5 Å². The third-order valence-corrected chi connectivity index (χ3v) is 6.20. The van der Waals surface area contributed by atoms with E-state index in [0.29, 0.717) is 19.3 Å². The Morgan fingerprint density at radius 1 is 0.867 bits per heavy atom. The molecule has 6 nitrogen and oxygen atoms in total. The Balaban J connectivity index is 2.09. The summed E-state index contributed by atoms with van der Waals surface area (Å²) in [6.07, 6.45) is 8.52. The Hall–Kier alpha value is -1.73. The first kappa shape index (κ1) is 26.3. The van der Waals surface area contributed by atoms with E-state index in [4.69, 9.17) is 8.92 Å². The van der Waals surface area contributed by atoms with E-state index >= 15 is 0 Å². The third-order valence-electron chi connectivity index (χ3n) is 4.87. The number of esters is 1. The van der Waals surface area contributed by atoms with Gasteiger partial charge < -0.3 is 9.53 Å². The molecule has 0 aliphatic heterocycles. The molecule has 0 radical (unpaired) electrons. The second kappa shape index (κ2) is 14.3. The Morgan fingerprint density at radius 2 is 1.43 bits per heavy atom. The number of carbonyl (C=O) groups excluding carboxylic acids is 2. The number of ether oxygens (including phenoxy) is 1. The van der Waals surface area contributed by atoms with E-state index in [-0.39, 0.29) is 29.4 Å². The number of benzene rings is 1. The minimum Gasteiger partial charge on any atom is -0.463 e. The molecule has 0 aliphatic rings. The van der Waals surface area contributed by atoms with Crippen LogP contribution in [0.25, 0.3) is 0 Å². The molecular formula is C23H36O6S. The fourth-order valence-corrected chi connectivity index (χ4v) is 4.10.